The maximum absolute atomic E-state index is 13.2. The minimum Gasteiger partial charge on any atom is -0.495 e. The Morgan fingerprint density at radius 3 is 2.62 bits per heavy atom. The van der Waals surface area contributed by atoms with Crippen LogP contribution in [0.1, 0.15) is 38.1 Å². The number of nitrogens with zero attached hydrogens (tertiary/aromatic N) is 2. The van der Waals surface area contributed by atoms with Gasteiger partial charge in [0.05, 0.1) is 28.4 Å². The van der Waals surface area contributed by atoms with E-state index in [2.05, 4.69) is 15.5 Å². The van der Waals surface area contributed by atoms with Gasteiger partial charge in [0.25, 0.3) is 17.4 Å². The molecule has 2 N–H and O–H groups in total. The summed E-state index contributed by atoms with van der Waals surface area (Å²) in [4.78, 5) is 41.6. The van der Waals surface area contributed by atoms with Gasteiger partial charge in [-0.25, -0.2) is 0 Å². The van der Waals surface area contributed by atoms with Crippen molar-refractivity contribution in [2.75, 3.05) is 35.7 Å². The number of rotatable bonds is 6. The molecule has 2 amide bonds. The van der Waals surface area contributed by atoms with Crippen LogP contribution in [-0.2, 0) is 6.54 Å². The van der Waals surface area contributed by atoms with E-state index in [1.807, 2.05) is 34.2 Å². The van der Waals surface area contributed by atoms with Gasteiger partial charge in [-0.05, 0) is 66.2 Å². The lowest BCUT2D eigenvalue weighted by molar-refractivity contribution is 0.101. The normalized spacial score (nSPS) is 17.6. The van der Waals surface area contributed by atoms with Crippen LogP contribution in [-0.4, -0.2) is 36.6 Å². The van der Waals surface area contributed by atoms with E-state index in [1.54, 1.807) is 42.5 Å². The Labute approximate surface area is 240 Å². The third-order valence-corrected chi connectivity index (χ3v) is 8.65. The van der Waals surface area contributed by atoms with E-state index in [1.165, 1.54) is 18.4 Å². The smallest absolute Gasteiger partial charge is 0.265 e. The number of benzene rings is 2. The van der Waals surface area contributed by atoms with Gasteiger partial charge in [-0.2, -0.15) is 0 Å². The number of pyridine rings is 1. The van der Waals surface area contributed by atoms with Crippen LogP contribution in [0.25, 0.3) is 0 Å². The fraction of sp³-hybridized carbons (Fsp3) is 0.233. The van der Waals surface area contributed by atoms with Crippen molar-refractivity contribution < 1.29 is 14.3 Å². The molecule has 2 atom stereocenters. The Kier molecular flexibility index (Phi) is 7.08. The van der Waals surface area contributed by atoms with Crippen molar-refractivity contribution in [1.82, 2.24) is 4.57 Å². The molecule has 0 aliphatic carbocycles. The predicted octanol–water partition coefficient (Wildman–Crippen LogP) is 5.70. The van der Waals surface area contributed by atoms with Crippen LogP contribution < -0.4 is 25.8 Å². The highest BCUT2D eigenvalue weighted by atomic mass is 35.5. The number of hydrogen-bond donors (Lipinski definition) is 2. The van der Waals surface area contributed by atoms with E-state index < -0.39 is 0 Å². The number of hydrogen-bond acceptors (Lipinski definition) is 6. The first-order valence-electron chi connectivity index (χ1n) is 13.0. The van der Waals surface area contributed by atoms with Crippen molar-refractivity contribution in [2.24, 2.45) is 5.92 Å². The van der Waals surface area contributed by atoms with Crippen molar-refractivity contribution in [2.45, 2.75) is 18.9 Å². The van der Waals surface area contributed by atoms with Crippen LogP contribution in [0.5, 0.6) is 5.75 Å². The van der Waals surface area contributed by atoms with Crippen LogP contribution in [0.4, 0.5) is 17.1 Å². The Hall–Kier alpha value is -4.08. The molecule has 1 saturated heterocycles. The fourth-order valence-corrected chi connectivity index (χ4v) is 6.56. The molecule has 2 unspecified atom stereocenters. The molecule has 0 saturated carbocycles. The Bertz CT molecular complexity index is 1650. The SMILES string of the molecule is COc1ccc(NC(=O)c2ccc(N3CC4CC(C3)c3cccc(=O)n3C4)c(NC(=O)c3cccs3)c2)cc1Cl. The van der Waals surface area contributed by atoms with Gasteiger partial charge >= 0.3 is 0 Å². The zero-order valence-electron chi connectivity index (χ0n) is 21.7. The van der Waals surface area contributed by atoms with Crippen LogP contribution >= 0.6 is 22.9 Å². The average Bonchev–Trinajstić information content (AvgIpc) is 3.49. The van der Waals surface area contributed by atoms with Crippen molar-refractivity contribution in [3.8, 4) is 5.75 Å². The van der Waals surface area contributed by atoms with Gasteiger partial charge in [0.15, 0.2) is 0 Å². The molecule has 4 heterocycles. The summed E-state index contributed by atoms with van der Waals surface area (Å²) < 4.78 is 7.09. The number of aromatic nitrogens is 1. The minimum absolute atomic E-state index is 0.0399. The summed E-state index contributed by atoms with van der Waals surface area (Å²) in [6, 6.07) is 19.5. The number of thiophene rings is 1. The van der Waals surface area contributed by atoms with Gasteiger partial charge in [-0.1, -0.05) is 23.7 Å². The number of ether oxygens (including phenoxy) is 1. The molecular weight excluding hydrogens is 548 g/mol. The Balaban J connectivity index is 1.31. The second kappa shape index (κ2) is 10.8. The molecule has 6 rings (SSSR count). The molecule has 0 spiro atoms. The zero-order chi connectivity index (χ0) is 27.8. The number of nitrogens with one attached hydrogen (secondary N) is 2. The van der Waals surface area contributed by atoms with E-state index in [-0.39, 0.29) is 23.3 Å². The fourth-order valence-electron chi connectivity index (χ4n) is 5.69. The first-order chi connectivity index (χ1) is 19.4. The minimum atomic E-state index is -0.330. The monoisotopic (exact) mass is 574 g/mol. The summed E-state index contributed by atoms with van der Waals surface area (Å²) in [6.45, 7) is 2.12. The largest absolute Gasteiger partial charge is 0.495 e. The lowest BCUT2D eigenvalue weighted by atomic mass is 9.83. The highest BCUT2D eigenvalue weighted by Gasteiger charge is 2.35. The standard InChI is InChI=1S/C30H27ClN4O4S/c1-39-26-10-8-21(14-22(26)31)32-29(37)19-7-9-25(23(13-19)33-30(38)27-5-3-11-40-27)34-15-18-12-20(17-34)24-4-2-6-28(36)35(24)16-18/h2-11,13-14,18,20H,12,15-17H2,1H3,(H,32,37)(H,33,38). The molecule has 2 aliphatic rings. The summed E-state index contributed by atoms with van der Waals surface area (Å²) in [7, 11) is 1.53. The summed E-state index contributed by atoms with van der Waals surface area (Å²) >= 11 is 7.59. The van der Waals surface area contributed by atoms with E-state index in [0.717, 1.165) is 24.3 Å². The molecule has 2 bridgehead atoms. The molecule has 2 aromatic carbocycles. The molecule has 2 aromatic heterocycles. The van der Waals surface area contributed by atoms with Crippen LogP contribution in [0.15, 0.2) is 76.9 Å². The lowest BCUT2D eigenvalue weighted by Gasteiger charge is -2.44. The second-order valence-corrected chi connectivity index (χ2v) is 11.4. The lowest BCUT2D eigenvalue weighted by Crippen LogP contribution is -2.47. The Morgan fingerprint density at radius 2 is 1.85 bits per heavy atom. The van der Waals surface area contributed by atoms with E-state index in [4.69, 9.17) is 16.3 Å². The number of anilines is 3. The van der Waals surface area contributed by atoms with E-state index in [0.29, 0.717) is 51.6 Å². The van der Waals surface area contributed by atoms with Gasteiger partial charge in [-0.15, -0.1) is 11.3 Å². The molecule has 2 aliphatic heterocycles. The van der Waals surface area contributed by atoms with Gasteiger partial charge in [0, 0.05) is 48.6 Å². The predicted molar refractivity (Wildman–Crippen MR) is 158 cm³/mol. The molecule has 0 radical (unpaired) electrons. The maximum atomic E-state index is 13.2. The third kappa shape index (κ3) is 5.10. The summed E-state index contributed by atoms with van der Waals surface area (Å²) in [6.07, 6.45) is 1.02. The van der Waals surface area contributed by atoms with E-state index in [9.17, 15) is 14.4 Å². The summed E-state index contributed by atoms with van der Waals surface area (Å²) in [5.41, 5.74) is 3.41. The number of piperidine rings is 1. The van der Waals surface area contributed by atoms with Crippen molar-refractivity contribution in [3.05, 3.63) is 104 Å². The first-order valence-corrected chi connectivity index (χ1v) is 14.2. The van der Waals surface area contributed by atoms with Crippen LogP contribution in [0.3, 0.4) is 0 Å². The van der Waals surface area contributed by atoms with Crippen LogP contribution in [0.2, 0.25) is 5.02 Å². The molecule has 10 heteroatoms. The zero-order valence-corrected chi connectivity index (χ0v) is 23.3. The number of halogens is 1. The van der Waals surface area contributed by atoms with Gasteiger partial charge in [0.2, 0.25) is 0 Å². The maximum Gasteiger partial charge on any atom is 0.265 e. The highest BCUT2D eigenvalue weighted by molar-refractivity contribution is 7.12. The number of amides is 2. The average molecular weight is 575 g/mol. The number of fused-ring (bicyclic) bond motifs is 4. The van der Waals surface area contributed by atoms with Gasteiger partial charge in [0.1, 0.15) is 5.75 Å². The first kappa shape index (κ1) is 26.2. The molecule has 1 fully saturated rings. The third-order valence-electron chi connectivity index (χ3n) is 7.48. The van der Waals surface area contributed by atoms with Crippen LogP contribution in [0, 0.1) is 5.92 Å². The van der Waals surface area contributed by atoms with Crippen molar-refractivity contribution in [3.63, 3.8) is 0 Å². The highest BCUT2D eigenvalue weighted by Crippen LogP contribution is 2.39. The van der Waals surface area contributed by atoms with Crippen molar-refractivity contribution in [1.29, 1.82) is 0 Å². The second-order valence-electron chi connectivity index (χ2n) is 10.1. The molecule has 204 valence electrons. The number of methoxy groups -OCH3 is 1. The molecule has 8 nitrogen and oxygen atoms in total. The van der Waals surface area contributed by atoms with Crippen molar-refractivity contribution >= 4 is 51.8 Å². The molecule has 40 heavy (non-hydrogen) atoms. The van der Waals surface area contributed by atoms with E-state index >= 15 is 0 Å². The molecule has 4 aromatic rings. The summed E-state index contributed by atoms with van der Waals surface area (Å²) in [5.74, 6) is 0.453. The molecular formula is C30H27ClN4O4S. The quantitative estimate of drug-likeness (QED) is 0.308. The Morgan fingerprint density at radius 1 is 0.975 bits per heavy atom. The van der Waals surface area contributed by atoms with Gasteiger partial charge < -0.3 is 24.8 Å². The van der Waals surface area contributed by atoms with Gasteiger partial charge in [-0.3, -0.25) is 14.4 Å². The summed E-state index contributed by atoms with van der Waals surface area (Å²) in [5, 5.41) is 8.16. The number of carbonyl (C=O) groups excluding carboxylic acids is 2. The topological polar surface area (TPSA) is 92.7 Å². The number of carbonyl (C=O) groups is 2.